The van der Waals surface area contributed by atoms with Gasteiger partial charge >= 0.3 is 0 Å². The van der Waals surface area contributed by atoms with Crippen molar-refractivity contribution in [1.82, 2.24) is 20.4 Å². The number of nitrogens with zero attached hydrogens (tertiary/aromatic N) is 3. The normalized spacial score (nSPS) is 19.1. The second kappa shape index (κ2) is 13.5. The van der Waals surface area contributed by atoms with Crippen molar-refractivity contribution in [3.05, 3.63) is 35.4 Å². The summed E-state index contributed by atoms with van der Waals surface area (Å²) in [6.45, 7) is 13.6. The molecular formula is C23H40IN5O. The number of morpholine rings is 1. The molecule has 2 N–H and O–H groups in total. The average molecular weight is 530 g/mol. The lowest BCUT2D eigenvalue weighted by Crippen LogP contribution is -2.52. The Labute approximate surface area is 199 Å². The van der Waals surface area contributed by atoms with Crippen molar-refractivity contribution in [2.45, 2.75) is 39.3 Å². The summed E-state index contributed by atoms with van der Waals surface area (Å²) >= 11 is 0. The third kappa shape index (κ3) is 7.66. The van der Waals surface area contributed by atoms with Gasteiger partial charge in [-0.2, -0.15) is 0 Å². The number of hydrogen-bond donors (Lipinski definition) is 2. The van der Waals surface area contributed by atoms with Crippen molar-refractivity contribution < 1.29 is 4.74 Å². The first-order chi connectivity index (χ1) is 14.2. The van der Waals surface area contributed by atoms with E-state index in [4.69, 9.17) is 4.74 Å². The highest BCUT2D eigenvalue weighted by atomic mass is 127. The lowest BCUT2D eigenvalue weighted by Gasteiger charge is -2.37. The Kier molecular flexibility index (Phi) is 11.4. The van der Waals surface area contributed by atoms with Crippen molar-refractivity contribution in [2.75, 3.05) is 59.5 Å². The van der Waals surface area contributed by atoms with Crippen LogP contribution in [0.1, 0.15) is 31.4 Å². The molecule has 0 spiro atoms. The minimum atomic E-state index is 0. The van der Waals surface area contributed by atoms with Crippen LogP contribution in [-0.4, -0.2) is 81.3 Å². The third-order valence-electron chi connectivity index (χ3n) is 6.14. The molecule has 0 bridgehead atoms. The first kappa shape index (κ1) is 25.4. The topological polar surface area (TPSA) is 52.1 Å². The van der Waals surface area contributed by atoms with Gasteiger partial charge in [0.25, 0.3) is 0 Å². The highest BCUT2D eigenvalue weighted by Crippen LogP contribution is 2.18. The van der Waals surface area contributed by atoms with Gasteiger partial charge in [-0.1, -0.05) is 38.1 Å². The number of aliphatic imine (C=N–C) groups is 1. The zero-order valence-electron chi connectivity index (χ0n) is 18.9. The molecule has 6 nitrogen and oxygen atoms in total. The van der Waals surface area contributed by atoms with Gasteiger partial charge in [-0.15, -0.1) is 24.0 Å². The maximum atomic E-state index is 5.51. The van der Waals surface area contributed by atoms with E-state index in [9.17, 15) is 0 Å². The van der Waals surface area contributed by atoms with E-state index in [-0.39, 0.29) is 24.0 Å². The fraction of sp³-hybridized carbons (Fsp3) is 0.696. The van der Waals surface area contributed by atoms with Gasteiger partial charge in [0.15, 0.2) is 5.96 Å². The molecule has 1 saturated heterocycles. The number of fused-ring (bicyclic) bond motifs is 1. The summed E-state index contributed by atoms with van der Waals surface area (Å²) in [4.78, 5) is 9.52. The van der Waals surface area contributed by atoms with E-state index in [1.807, 2.05) is 7.05 Å². The smallest absolute Gasteiger partial charge is 0.191 e. The van der Waals surface area contributed by atoms with Crippen LogP contribution in [0.25, 0.3) is 0 Å². The molecule has 7 heteroatoms. The maximum Gasteiger partial charge on any atom is 0.191 e. The Morgan fingerprint density at radius 3 is 2.53 bits per heavy atom. The molecule has 1 atom stereocenters. The Balaban J connectivity index is 0.00000320. The summed E-state index contributed by atoms with van der Waals surface area (Å²) in [7, 11) is 1.86. The predicted octanol–water partition coefficient (Wildman–Crippen LogP) is 2.57. The molecule has 0 aromatic heterocycles. The van der Waals surface area contributed by atoms with E-state index >= 15 is 0 Å². The number of rotatable bonds is 8. The van der Waals surface area contributed by atoms with Gasteiger partial charge in [-0.3, -0.25) is 14.8 Å². The third-order valence-corrected chi connectivity index (χ3v) is 6.14. The van der Waals surface area contributed by atoms with E-state index < -0.39 is 0 Å². The van der Waals surface area contributed by atoms with Crippen LogP contribution in [-0.2, 0) is 17.7 Å². The lowest BCUT2D eigenvalue weighted by molar-refractivity contribution is 0.00752. The molecule has 2 aliphatic rings. The lowest BCUT2D eigenvalue weighted by atomic mass is 10.00. The summed E-state index contributed by atoms with van der Waals surface area (Å²) in [6, 6.07) is 9.35. The summed E-state index contributed by atoms with van der Waals surface area (Å²) in [6.07, 6.45) is 2.30. The van der Waals surface area contributed by atoms with Crippen molar-refractivity contribution >= 4 is 29.9 Å². The second-order valence-corrected chi connectivity index (χ2v) is 8.49. The highest BCUT2D eigenvalue weighted by molar-refractivity contribution is 14.0. The van der Waals surface area contributed by atoms with Crippen LogP contribution in [0.4, 0.5) is 0 Å². The van der Waals surface area contributed by atoms with Crippen LogP contribution in [0.3, 0.4) is 0 Å². The molecule has 1 unspecified atom stereocenters. The quantitative estimate of drug-likeness (QED) is 0.235. The highest BCUT2D eigenvalue weighted by Gasteiger charge is 2.23. The van der Waals surface area contributed by atoms with Crippen molar-refractivity contribution in [2.24, 2.45) is 10.9 Å². The first-order valence-electron chi connectivity index (χ1n) is 11.2. The SMILES string of the molecule is CN=C(NCCCN1CCc2ccccc2C1)NCC(C(C)C)N1CCOCC1.I. The van der Waals surface area contributed by atoms with E-state index in [0.29, 0.717) is 12.0 Å². The molecule has 2 heterocycles. The standard InChI is InChI=1S/C23H39N5O.HI/c1-19(2)22(28-13-15-29-16-14-28)17-26-23(24-3)25-10-6-11-27-12-9-20-7-4-5-8-21(20)18-27;/h4-5,7-8,19,22H,6,9-18H2,1-3H3,(H2,24,25,26);1H. The largest absolute Gasteiger partial charge is 0.379 e. The number of nitrogens with one attached hydrogen (secondary N) is 2. The number of hydrogen-bond acceptors (Lipinski definition) is 4. The first-order valence-corrected chi connectivity index (χ1v) is 11.2. The monoisotopic (exact) mass is 529 g/mol. The van der Waals surface area contributed by atoms with Crippen molar-refractivity contribution in [3.63, 3.8) is 0 Å². The van der Waals surface area contributed by atoms with Gasteiger partial charge < -0.3 is 15.4 Å². The van der Waals surface area contributed by atoms with Crippen LogP contribution in [0.2, 0.25) is 0 Å². The summed E-state index contributed by atoms with van der Waals surface area (Å²) in [5.41, 5.74) is 3.01. The maximum absolute atomic E-state index is 5.51. The number of halogens is 1. The Hall–Kier alpha value is -0.900. The summed E-state index contributed by atoms with van der Waals surface area (Å²) in [5.74, 6) is 1.51. The molecule has 0 radical (unpaired) electrons. The average Bonchev–Trinajstić information content (AvgIpc) is 2.75. The van der Waals surface area contributed by atoms with Gasteiger partial charge in [0, 0.05) is 58.9 Å². The van der Waals surface area contributed by atoms with Crippen LogP contribution in [0.5, 0.6) is 0 Å². The minimum Gasteiger partial charge on any atom is -0.379 e. The summed E-state index contributed by atoms with van der Waals surface area (Å²) < 4.78 is 5.51. The molecular weight excluding hydrogens is 489 g/mol. The number of guanidine groups is 1. The Morgan fingerprint density at radius 1 is 1.10 bits per heavy atom. The molecule has 1 aromatic rings. The molecule has 1 aromatic carbocycles. The molecule has 0 aliphatic carbocycles. The fourth-order valence-electron chi connectivity index (χ4n) is 4.37. The molecule has 3 rings (SSSR count). The molecule has 30 heavy (non-hydrogen) atoms. The number of benzene rings is 1. The van der Waals surface area contributed by atoms with Gasteiger partial charge in [0.1, 0.15) is 0 Å². The van der Waals surface area contributed by atoms with Crippen LogP contribution >= 0.6 is 24.0 Å². The van der Waals surface area contributed by atoms with Crippen molar-refractivity contribution in [3.8, 4) is 0 Å². The van der Waals surface area contributed by atoms with Crippen molar-refractivity contribution in [1.29, 1.82) is 0 Å². The molecule has 2 aliphatic heterocycles. The minimum absolute atomic E-state index is 0. The van der Waals surface area contributed by atoms with Crippen LogP contribution in [0, 0.1) is 5.92 Å². The van der Waals surface area contributed by atoms with E-state index in [2.05, 4.69) is 63.5 Å². The van der Waals surface area contributed by atoms with Gasteiger partial charge in [-0.05, 0) is 29.9 Å². The second-order valence-electron chi connectivity index (χ2n) is 8.49. The zero-order valence-corrected chi connectivity index (χ0v) is 21.2. The Bertz CT molecular complexity index is 648. The van der Waals surface area contributed by atoms with Gasteiger partial charge in [0.2, 0.25) is 0 Å². The van der Waals surface area contributed by atoms with Gasteiger partial charge in [-0.25, -0.2) is 0 Å². The fourth-order valence-corrected chi connectivity index (χ4v) is 4.37. The van der Waals surface area contributed by atoms with Crippen LogP contribution < -0.4 is 10.6 Å². The van der Waals surface area contributed by atoms with E-state index in [1.54, 1.807) is 0 Å². The molecule has 0 amide bonds. The van der Waals surface area contributed by atoms with Crippen LogP contribution in [0.15, 0.2) is 29.3 Å². The van der Waals surface area contributed by atoms with Gasteiger partial charge in [0.05, 0.1) is 13.2 Å². The predicted molar refractivity (Wildman–Crippen MR) is 136 cm³/mol. The molecule has 0 saturated carbocycles. The zero-order chi connectivity index (χ0) is 20.5. The van der Waals surface area contributed by atoms with E-state index in [1.165, 1.54) is 24.1 Å². The number of ether oxygens (including phenoxy) is 1. The molecule has 1 fully saturated rings. The molecule has 170 valence electrons. The summed E-state index contributed by atoms with van der Waals surface area (Å²) in [5, 5.41) is 7.04. The Morgan fingerprint density at radius 2 is 1.83 bits per heavy atom. The van der Waals surface area contributed by atoms with E-state index in [0.717, 1.165) is 64.9 Å².